The van der Waals surface area contributed by atoms with Gasteiger partial charge in [-0.1, -0.05) is 15.9 Å². The maximum atomic E-state index is 11.1. The predicted octanol–water partition coefficient (Wildman–Crippen LogP) is 1.73. The van der Waals surface area contributed by atoms with Crippen molar-refractivity contribution in [3.63, 3.8) is 0 Å². The molecule has 0 aromatic heterocycles. The number of aliphatic imine (C=N–C) groups is 1. The Morgan fingerprint density at radius 3 is 2.69 bits per heavy atom. The molecule has 0 aliphatic carbocycles. The summed E-state index contributed by atoms with van der Waals surface area (Å²) in [6, 6.07) is 5.30. The van der Waals surface area contributed by atoms with Gasteiger partial charge in [0.05, 0.1) is 5.56 Å². The molecular weight excluding hydrogens is 255 g/mol. The highest BCUT2D eigenvalue weighted by Gasteiger charge is 2.20. The quantitative estimate of drug-likeness (QED) is 0.773. The molecule has 1 aliphatic heterocycles. The summed E-state index contributed by atoms with van der Waals surface area (Å²) in [7, 11) is 0. The number of benzene rings is 1. The standard InChI is InChI=1S/C8H5BrN2O.ClH/c9-4-1-2-5-6(3-4)7(10)11-8(5)12;/h1-3H,(H2,10,11,12);1H. The van der Waals surface area contributed by atoms with Gasteiger partial charge in [0.2, 0.25) is 0 Å². The molecule has 1 aromatic rings. The number of hydrogen-bond acceptors (Lipinski definition) is 2. The monoisotopic (exact) mass is 260 g/mol. The van der Waals surface area contributed by atoms with Gasteiger partial charge < -0.3 is 5.73 Å². The van der Waals surface area contributed by atoms with Gasteiger partial charge in [-0.25, -0.2) is 0 Å². The maximum Gasteiger partial charge on any atom is 0.279 e. The molecule has 0 saturated heterocycles. The van der Waals surface area contributed by atoms with Gasteiger partial charge in [0.25, 0.3) is 5.91 Å². The number of amidine groups is 1. The van der Waals surface area contributed by atoms with Crippen LogP contribution in [0.2, 0.25) is 0 Å². The van der Waals surface area contributed by atoms with Crippen molar-refractivity contribution in [2.75, 3.05) is 0 Å². The number of carbonyl (C=O) groups excluding carboxylic acids is 1. The van der Waals surface area contributed by atoms with Crippen molar-refractivity contribution >= 4 is 40.1 Å². The zero-order valence-corrected chi connectivity index (χ0v) is 8.85. The molecule has 68 valence electrons. The molecule has 2 N–H and O–H groups in total. The Balaban J connectivity index is 0.000000845. The van der Waals surface area contributed by atoms with Gasteiger partial charge >= 0.3 is 0 Å². The molecule has 0 unspecified atom stereocenters. The third-order valence-electron chi connectivity index (χ3n) is 1.71. The lowest BCUT2D eigenvalue weighted by Gasteiger charge is -1.96. The van der Waals surface area contributed by atoms with Crippen molar-refractivity contribution in [1.29, 1.82) is 0 Å². The number of carbonyl (C=O) groups is 1. The summed E-state index contributed by atoms with van der Waals surface area (Å²) in [6.07, 6.45) is 0. The molecule has 3 nitrogen and oxygen atoms in total. The zero-order valence-electron chi connectivity index (χ0n) is 6.45. The third kappa shape index (κ3) is 1.59. The van der Waals surface area contributed by atoms with Gasteiger partial charge in [0.15, 0.2) is 0 Å². The fourth-order valence-electron chi connectivity index (χ4n) is 1.14. The highest BCUT2D eigenvalue weighted by atomic mass is 79.9. The number of nitrogens with zero attached hydrogens (tertiary/aromatic N) is 1. The Bertz CT molecular complexity index is 403. The van der Waals surface area contributed by atoms with Gasteiger partial charge in [0.1, 0.15) is 5.84 Å². The van der Waals surface area contributed by atoms with Crippen molar-refractivity contribution in [2.45, 2.75) is 0 Å². The normalized spacial score (nSPS) is 13.3. The summed E-state index contributed by atoms with van der Waals surface area (Å²) in [5, 5.41) is 0. The van der Waals surface area contributed by atoms with Crippen molar-refractivity contribution in [2.24, 2.45) is 10.7 Å². The molecule has 5 heteroatoms. The molecule has 2 rings (SSSR count). The maximum absolute atomic E-state index is 11.1. The van der Waals surface area contributed by atoms with Crippen LogP contribution in [-0.2, 0) is 0 Å². The van der Waals surface area contributed by atoms with E-state index in [0.29, 0.717) is 11.4 Å². The minimum atomic E-state index is -0.255. The van der Waals surface area contributed by atoms with E-state index in [0.717, 1.165) is 10.0 Å². The molecule has 0 fully saturated rings. The first-order valence-corrected chi connectivity index (χ1v) is 4.16. The highest BCUT2D eigenvalue weighted by Crippen LogP contribution is 2.21. The Labute approximate surface area is 89.6 Å². The van der Waals surface area contributed by atoms with E-state index < -0.39 is 0 Å². The van der Waals surface area contributed by atoms with Gasteiger partial charge in [-0.2, -0.15) is 4.99 Å². The second kappa shape index (κ2) is 3.47. The first kappa shape index (κ1) is 10.2. The fraction of sp³-hybridized carbons (Fsp3) is 0. The average Bonchev–Trinajstić information content (AvgIpc) is 2.28. The Morgan fingerprint density at radius 1 is 1.31 bits per heavy atom. The molecule has 0 radical (unpaired) electrons. The Kier molecular flexibility index (Phi) is 2.73. The van der Waals surface area contributed by atoms with E-state index in [4.69, 9.17) is 5.73 Å². The van der Waals surface area contributed by atoms with Crippen LogP contribution in [0.1, 0.15) is 15.9 Å². The number of rotatable bonds is 0. The van der Waals surface area contributed by atoms with E-state index in [1.165, 1.54) is 0 Å². The van der Waals surface area contributed by atoms with Crippen LogP contribution in [0.25, 0.3) is 0 Å². The van der Waals surface area contributed by atoms with E-state index in [2.05, 4.69) is 20.9 Å². The van der Waals surface area contributed by atoms with E-state index in [9.17, 15) is 4.79 Å². The summed E-state index contributed by atoms with van der Waals surface area (Å²) in [4.78, 5) is 14.7. The molecule has 0 spiro atoms. The molecule has 1 aliphatic rings. The number of amides is 1. The second-order valence-corrected chi connectivity index (χ2v) is 3.41. The fourth-order valence-corrected chi connectivity index (χ4v) is 1.51. The molecule has 0 bridgehead atoms. The molecule has 0 saturated carbocycles. The van der Waals surface area contributed by atoms with Crippen LogP contribution in [0, 0.1) is 0 Å². The van der Waals surface area contributed by atoms with Crippen molar-refractivity contribution < 1.29 is 4.79 Å². The van der Waals surface area contributed by atoms with Gasteiger partial charge in [-0.05, 0) is 18.2 Å². The van der Waals surface area contributed by atoms with Gasteiger partial charge in [-0.15, -0.1) is 12.4 Å². The van der Waals surface area contributed by atoms with Crippen LogP contribution in [0.3, 0.4) is 0 Å². The van der Waals surface area contributed by atoms with Crippen LogP contribution in [0.4, 0.5) is 0 Å². The lowest BCUT2D eigenvalue weighted by Crippen LogP contribution is -2.10. The van der Waals surface area contributed by atoms with E-state index >= 15 is 0 Å². The molecular formula is C8H6BrClN2O. The van der Waals surface area contributed by atoms with Crippen LogP contribution < -0.4 is 5.73 Å². The van der Waals surface area contributed by atoms with Crippen LogP contribution >= 0.6 is 28.3 Å². The molecule has 1 heterocycles. The number of halogens is 2. The largest absolute Gasteiger partial charge is 0.383 e. The molecule has 0 atom stereocenters. The second-order valence-electron chi connectivity index (χ2n) is 2.49. The first-order chi connectivity index (χ1) is 5.68. The predicted molar refractivity (Wildman–Crippen MR) is 56.4 cm³/mol. The topological polar surface area (TPSA) is 55.4 Å². The van der Waals surface area contributed by atoms with Crippen LogP contribution in [-0.4, -0.2) is 11.7 Å². The molecule has 1 amide bonds. The van der Waals surface area contributed by atoms with Crippen LogP contribution in [0.5, 0.6) is 0 Å². The molecule has 1 aromatic carbocycles. The number of fused-ring (bicyclic) bond motifs is 1. The minimum Gasteiger partial charge on any atom is -0.383 e. The number of hydrogen-bond donors (Lipinski definition) is 1. The lowest BCUT2D eigenvalue weighted by atomic mass is 10.1. The van der Waals surface area contributed by atoms with E-state index in [1.54, 1.807) is 18.2 Å². The van der Waals surface area contributed by atoms with E-state index in [1.807, 2.05) is 0 Å². The minimum absolute atomic E-state index is 0. The lowest BCUT2D eigenvalue weighted by molar-refractivity contribution is 0.101. The molecule has 13 heavy (non-hydrogen) atoms. The average molecular weight is 262 g/mol. The first-order valence-electron chi connectivity index (χ1n) is 3.37. The summed E-state index contributed by atoms with van der Waals surface area (Å²) in [6.45, 7) is 0. The smallest absolute Gasteiger partial charge is 0.279 e. The Hall–Kier alpha value is -0.870. The third-order valence-corrected chi connectivity index (χ3v) is 2.20. The van der Waals surface area contributed by atoms with Gasteiger partial charge in [-0.3, -0.25) is 4.79 Å². The highest BCUT2D eigenvalue weighted by molar-refractivity contribution is 9.10. The zero-order chi connectivity index (χ0) is 8.72. The van der Waals surface area contributed by atoms with Crippen molar-refractivity contribution in [3.8, 4) is 0 Å². The van der Waals surface area contributed by atoms with E-state index in [-0.39, 0.29) is 18.3 Å². The van der Waals surface area contributed by atoms with Crippen LogP contribution in [0.15, 0.2) is 27.7 Å². The summed E-state index contributed by atoms with van der Waals surface area (Å²) < 4.78 is 0.897. The summed E-state index contributed by atoms with van der Waals surface area (Å²) >= 11 is 3.29. The Morgan fingerprint density at radius 2 is 2.00 bits per heavy atom. The SMILES string of the molecule is Cl.NC1=NC(=O)c2ccc(Br)cc21. The number of nitrogens with two attached hydrogens (primary N) is 1. The van der Waals surface area contributed by atoms with Crippen molar-refractivity contribution in [3.05, 3.63) is 33.8 Å². The van der Waals surface area contributed by atoms with Gasteiger partial charge in [0, 0.05) is 10.0 Å². The summed E-state index contributed by atoms with van der Waals surface area (Å²) in [5.74, 6) is 0.0475. The summed E-state index contributed by atoms with van der Waals surface area (Å²) in [5.41, 5.74) is 6.81. The van der Waals surface area contributed by atoms with Crippen molar-refractivity contribution in [1.82, 2.24) is 0 Å².